The predicted octanol–water partition coefficient (Wildman–Crippen LogP) is 1.12. The van der Waals surface area contributed by atoms with Crippen molar-refractivity contribution in [2.75, 3.05) is 19.5 Å². The number of rotatable bonds is 5. The van der Waals surface area contributed by atoms with Gasteiger partial charge in [-0.05, 0) is 24.2 Å². The van der Waals surface area contributed by atoms with Crippen LogP contribution in [0.2, 0.25) is 18.1 Å². The van der Waals surface area contributed by atoms with Crippen LogP contribution < -0.4 is 11.4 Å². The largest absolute Gasteiger partial charge is 0.407 e. The van der Waals surface area contributed by atoms with Crippen molar-refractivity contribution in [1.82, 2.24) is 9.55 Å². The van der Waals surface area contributed by atoms with Crippen LogP contribution in [0.1, 0.15) is 27.0 Å². The summed E-state index contributed by atoms with van der Waals surface area (Å²) >= 11 is 0. The molecule has 1 aliphatic heterocycles. The summed E-state index contributed by atoms with van der Waals surface area (Å²) < 4.78 is 19.3. The highest BCUT2D eigenvalue weighted by Crippen LogP contribution is 2.42. The number of hydrogen-bond donors (Lipinski definition) is 2. The molecule has 2 rings (SSSR count). The molecule has 0 aromatic carbocycles. The van der Waals surface area contributed by atoms with E-state index in [1.54, 1.807) is 7.11 Å². The van der Waals surface area contributed by atoms with Gasteiger partial charge in [-0.15, -0.1) is 0 Å². The third kappa shape index (κ3) is 3.95. The van der Waals surface area contributed by atoms with E-state index < -0.39 is 38.5 Å². The Morgan fingerprint density at radius 3 is 2.52 bits per heavy atom. The van der Waals surface area contributed by atoms with E-state index in [0.29, 0.717) is 0 Å². The van der Waals surface area contributed by atoms with E-state index in [4.69, 9.17) is 19.6 Å². The molecule has 2 heterocycles. The molecule has 0 bridgehead atoms. The average molecular weight is 372 g/mol. The molecule has 1 aromatic rings. The number of ether oxygens (including phenoxy) is 2. The van der Waals surface area contributed by atoms with Gasteiger partial charge in [0.15, 0.2) is 14.5 Å². The molecular weight excluding hydrogens is 342 g/mol. The van der Waals surface area contributed by atoms with Crippen LogP contribution in [0.15, 0.2) is 17.1 Å². The SMILES string of the molecule is CO[C@H]1[C@H](O[Si](C)(C)C(C)(C)C)[C@H](n2ccc(N)nc2=O)O[C@@H]1CO. The third-order valence-corrected chi connectivity index (χ3v) is 9.57. The minimum atomic E-state index is -2.18. The van der Waals surface area contributed by atoms with Gasteiger partial charge >= 0.3 is 5.69 Å². The lowest BCUT2D eigenvalue weighted by molar-refractivity contribution is -0.0560. The fourth-order valence-corrected chi connectivity index (χ4v) is 3.91. The Hall–Kier alpha value is -1.26. The molecule has 142 valence electrons. The Morgan fingerprint density at radius 1 is 1.40 bits per heavy atom. The zero-order valence-corrected chi connectivity index (χ0v) is 16.7. The second kappa shape index (κ2) is 7.16. The summed E-state index contributed by atoms with van der Waals surface area (Å²) in [5, 5.41) is 9.62. The number of aromatic nitrogens is 2. The van der Waals surface area contributed by atoms with Crippen molar-refractivity contribution in [1.29, 1.82) is 0 Å². The summed E-state index contributed by atoms with van der Waals surface area (Å²) in [6, 6.07) is 1.53. The normalized spacial score (nSPS) is 27.6. The molecule has 1 aliphatic rings. The van der Waals surface area contributed by atoms with E-state index >= 15 is 0 Å². The van der Waals surface area contributed by atoms with E-state index in [0.717, 1.165) is 0 Å². The molecular formula is C16H29N3O5Si. The zero-order valence-electron chi connectivity index (χ0n) is 15.7. The third-order valence-electron chi connectivity index (χ3n) is 5.10. The van der Waals surface area contributed by atoms with Crippen molar-refractivity contribution in [3.63, 3.8) is 0 Å². The molecule has 25 heavy (non-hydrogen) atoms. The van der Waals surface area contributed by atoms with Crippen molar-refractivity contribution in [3.8, 4) is 0 Å². The molecule has 1 fully saturated rings. The predicted molar refractivity (Wildman–Crippen MR) is 96.8 cm³/mol. The first-order valence-corrected chi connectivity index (χ1v) is 11.2. The second-order valence-electron chi connectivity index (χ2n) is 7.83. The number of hydrogen-bond acceptors (Lipinski definition) is 7. The quantitative estimate of drug-likeness (QED) is 0.747. The van der Waals surface area contributed by atoms with Gasteiger partial charge in [0.2, 0.25) is 0 Å². The molecule has 0 amide bonds. The number of aliphatic hydroxyl groups excluding tert-OH is 1. The molecule has 8 nitrogen and oxygen atoms in total. The van der Waals surface area contributed by atoms with Crippen molar-refractivity contribution in [2.24, 2.45) is 0 Å². The number of aliphatic hydroxyl groups is 1. The Bertz CT molecular complexity index is 658. The molecule has 3 N–H and O–H groups in total. The van der Waals surface area contributed by atoms with Crippen molar-refractivity contribution < 1.29 is 19.0 Å². The first-order chi connectivity index (χ1) is 11.5. The van der Waals surface area contributed by atoms with Gasteiger partial charge in [-0.3, -0.25) is 4.57 Å². The van der Waals surface area contributed by atoms with Crippen LogP contribution in [0.5, 0.6) is 0 Å². The van der Waals surface area contributed by atoms with Gasteiger partial charge in [-0.1, -0.05) is 20.8 Å². The Labute approximate surface area is 149 Å². The molecule has 4 atom stereocenters. The maximum Gasteiger partial charge on any atom is 0.351 e. The lowest BCUT2D eigenvalue weighted by Gasteiger charge is -2.40. The van der Waals surface area contributed by atoms with Crippen LogP contribution in [0.4, 0.5) is 5.82 Å². The maximum atomic E-state index is 12.3. The van der Waals surface area contributed by atoms with Gasteiger partial charge in [0, 0.05) is 13.3 Å². The number of nitrogen functional groups attached to an aromatic ring is 1. The van der Waals surface area contributed by atoms with Crippen molar-refractivity contribution in [2.45, 2.75) is 63.4 Å². The fourth-order valence-electron chi connectivity index (χ4n) is 2.63. The van der Waals surface area contributed by atoms with Gasteiger partial charge in [-0.2, -0.15) is 4.98 Å². The number of anilines is 1. The summed E-state index contributed by atoms with van der Waals surface area (Å²) in [4.78, 5) is 16.0. The Balaban J connectivity index is 2.44. The molecule has 0 saturated carbocycles. The first-order valence-electron chi connectivity index (χ1n) is 8.33. The number of methoxy groups -OCH3 is 1. The van der Waals surface area contributed by atoms with Crippen LogP contribution in [0.3, 0.4) is 0 Å². The molecule has 0 radical (unpaired) electrons. The first kappa shape index (κ1) is 20.1. The van der Waals surface area contributed by atoms with Gasteiger partial charge in [-0.25, -0.2) is 4.79 Å². The Kier molecular flexibility index (Phi) is 5.74. The van der Waals surface area contributed by atoms with E-state index in [-0.39, 0.29) is 17.5 Å². The molecule has 1 aromatic heterocycles. The minimum Gasteiger partial charge on any atom is -0.407 e. The van der Waals surface area contributed by atoms with E-state index in [1.807, 2.05) is 0 Å². The second-order valence-corrected chi connectivity index (χ2v) is 12.6. The molecule has 0 aliphatic carbocycles. The van der Waals surface area contributed by atoms with E-state index in [9.17, 15) is 9.90 Å². The van der Waals surface area contributed by atoms with Gasteiger partial charge < -0.3 is 24.7 Å². The zero-order chi connectivity index (χ0) is 19.0. The van der Waals surface area contributed by atoms with Gasteiger partial charge in [0.05, 0.1) is 6.61 Å². The molecule has 0 spiro atoms. The van der Waals surface area contributed by atoms with Crippen LogP contribution in [0.25, 0.3) is 0 Å². The Morgan fingerprint density at radius 2 is 2.04 bits per heavy atom. The monoisotopic (exact) mass is 371 g/mol. The van der Waals surface area contributed by atoms with Crippen LogP contribution in [-0.2, 0) is 13.9 Å². The van der Waals surface area contributed by atoms with E-state index in [2.05, 4.69) is 38.8 Å². The van der Waals surface area contributed by atoms with Gasteiger partial charge in [0.1, 0.15) is 24.1 Å². The summed E-state index contributed by atoms with van der Waals surface area (Å²) in [6.45, 7) is 10.4. The number of nitrogens with zero attached hydrogens (tertiary/aromatic N) is 2. The average Bonchev–Trinajstić information content (AvgIpc) is 2.83. The molecule has 1 saturated heterocycles. The maximum absolute atomic E-state index is 12.3. The standard InChI is InChI=1S/C16H29N3O5Si/c1-16(2,3)25(5,6)24-13-12(22-4)10(9-20)23-14(13)19-8-7-11(17)18-15(19)21/h7-8,10,12-14,20H,9H2,1-6H3,(H2,17,18,21)/t10-,12-,13+,14-/m1/s1. The highest BCUT2D eigenvalue weighted by atomic mass is 28.4. The summed E-state index contributed by atoms with van der Waals surface area (Å²) in [5.41, 5.74) is 5.05. The van der Waals surface area contributed by atoms with Crippen molar-refractivity contribution >= 4 is 14.1 Å². The smallest absolute Gasteiger partial charge is 0.351 e. The summed E-state index contributed by atoms with van der Waals surface area (Å²) in [5.74, 6) is 0.142. The fraction of sp³-hybridized carbons (Fsp3) is 0.750. The molecule has 0 unspecified atom stereocenters. The highest BCUT2D eigenvalue weighted by Gasteiger charge is 2.51. The summed E-state index contributed by atoms with van der Waals surface area (Å²) in [7, 11) is -0.629. The number of nitrogens with two attached hydrogens (primary N) is 1. The van der Waals surface area contributed by atoms with Crippen LogP contribution in [-0.4, -0.2) is 55.0 Å². The van der Waals surface area contributed by atoms with Crippen LogP contribution >= 0.6 is 0 Å². The lowest BCUT2D eigenvalue weighted by Crippen LogP contribution is -2.50. The summed E-state index contributed by atoms with van der Waals surface area (Å²) in [6.07, 6.45) is -0.824. The van der Waals surface area contributed by atoms with E-state index in [1.165, 1.54) is 16.8 Å². The molecule has 9 heteroatoms. The highest BCUT2D eigenvalue weighted by molar-refractivity contribution is 6.74. The van der Waals surface area contributed by atoms with Crippen molar-refractivity contribution in [3.05, 3.63) is 22.7 Å². The van der Waals surface area contributed by atoms with Crippen LogP contribution in [0, 0.1) is 0 Å². The topological polar surface area (TPSA) is 109 Å². The minimum absolute atomic E-state index is 0.0303. The van der Waals surface area contributed by atoms with Gasteiger partial charge in [0.25, 0.3) is 0 Å². The lowest BCUT2D eigenvalue weighted by atomic mass is 10.1.